The number of nitrogens with one attached hydrogen (secondary N) is 2. The minimum atomic E-state index is -0.123. The highest BCUT2D eigenvalue weighted by molar-refractivity contribution is 5.98. The van der Waals surface area contributed by atoms with Gasteiger partial charge < -0.3 is 25.5 Å². The van der Waals surface area contributed by atoms with Crippen molar-refractivity contribution in [3.63, 3.8) is 0 Å². The number of anilines is 1. The van der Waals surface area contributed by atoms with E-state index in [1.807, 2.05) is 12.1 Å². The molecule has 6 heteroatoms. The van der Waals surface area contributed by atoms with Crippen LogP contribution in [0.15, 0.2) is 24.3 Å². The lowest BCUT2D eigenvalue weighted by molar-refractivity contribution is 0.0688. The van der Waals surface area contributed by atoms with Crippen molar-refractivity contribution in [3.05, 3.63) is 30.0 Å². The summed E-state index contributed by atoms with van der Waals surface area (Å²) < 4.78 is 10.2. The Kier molecular flexibility index (Phi) is 5.59. The molecule has 114 valence electrons. The van der Waals surface area contributed by atoms with Gasteiger partial charge in [-0.15, -0.1) is 0 Å². The van der Waals surface area contributed by atoms with Crippen LogP contribution in [0.2, 0.25) is 0 Å². The second-order valence-electron chi connectivity index (χ2n) is 4.74. The number of amides is 1. The highest BCUT2D eigenvalue weighted by Crippen LogP contribution is 2.18. The molecule has 1 aromatic heterocycles. The average molecular weight is 291 g/mol. The van der Waals surface area contributed by atoms with Crippen LogP contribution in [0.5, 0.6) is 0 Å². The maximum atomic E-state index is 12.0. The monoisotopic (exact) mass is 291 g/mol. The number of H-pyrrole nitrogens is 1. The molecule has 6 nitrogen and oxygen atoms in total. The zero-order valence-electron chi connectivity index (χ0n) is 12.1. The maximum absolute atomic E-state index is 12.0. The van der Waals surface area contributed by atoms with Gasteiger partial charge in [-0.25, -0.2) is 0 Å². The predicted octanol–water partition coefficient (Wildman–Crippen LogP) is 1.53. The second-order valence-corrected chi connectivity index (χ2v) is 4.74. The summed E-state index contributed by atoms with van der Waals surface area (Å²) in [7, 11) is 1.64. The number of carbonyl (C=O) groups is 1. The van der Waals surface area contributed by atoms with Crippen LogP contribution >= 0.6 is 0 Å². The first-order chi connectivity index (χ1) is 10.2. The van der Waals surface area contributed by atoms with Crippen molar-refractivity contribution < 1.29 is 14.3 Å². The molecule has 1 heterocycles. The number of ether oxygens (including phenoxy) is 2. The molecule has 0 aliphatic rings. The van der Waals surface area contributed by atoms with E-state index in [-0.39, 0.29) is 5.91 Å². The van der Waals surface area contributed by atoms with E-state index in [0.717, 1.165) is 17.3 Å². The summed E-state index contributed by atoms with van der Waals surface area (Å²) in [5, 5.41) is 3.79. The first-order valence-electron chi connectivity index (χ1n) is 6.94. The van der Waals surface area contributed by atoms with Crippen LogP contribution in [0.1, 0.15) is 16.9 Å². The van der Waals surface area contributed by atoms with Crippen LogP contribution in [0.3, 0.4) is 0 Å². The van der Waals surface area contributed by atoms with Crippen molar-refractivity contribution >= 4 is 22.5 Å². The summed E-state index contributed by atoms with van der Waals surface area (Å²) >= 11 is 0. The summed E-state index contributed by atoms with van der Waals surface area (Å²) in [5.41, 5.74) is 7.84. The van der Waals surface area contributed by atoms with E-state index in [2.05, 4.69) is 10.3 Å². The number of hydrogen-bond acceptors (Lipinski definition) is 4. The van der Waals surface area contributed by atoms with Gasteiger partial charge in [0.05, 0.1) is 13.2 Å². The van der Waals surface area contributed by atoms with Gasteiger partial charge in [-0.1, -0.05) is 0 Å². The molecule has 0 bridgehead atoms. The number of aromatic nitrogens is 1. The van der Waals surface area contributed by atoms with Gasteiger partial charge in [-0.3, -0.25) is 4.79 Å². The molecular formula is C15H21N3O3. The maximum Gasteiger partial charge on any atom is 0.267 e. The Morgan fingerprint density at radius 1 is 1.29 bits per heavy atom. The number of rotatable bonds is 8. The van der Waals surface area contributed by atoms with Gasteiger partial charge in [0.25, 0.3) is 5.91 Å². The number of nitrogen functional groups attached to an aromatic ring is 1. The van der Waals surface area contributed by atoms with Gasteiger partial charge in [0.2, 0.25) is 0 Å². The molecule has 0 spiro atoms. The lowest BCUT2D eigenvalue weighted by Crippen LogP contribution is -2.25. The van der Waals surface area contributed by atoms with E-state index in [4.69, 9.17) is 15.2 Å². The molecule has 1 aromatic carbocycles. The van der Waals surface area contributed by atoms with E-state index in [0.29, 0.717) is 37.7 Å². The first kappa shape index (κ1) is 15.3. The number of benzene rings is 1. The number of nitrogens with two attached hydrogens (primary N) is 1. The van der Waals surface area contributed by atoms with Gasteiger partial charge in [0.1, 0.15) is 5.69 Å². The Labute approximate surface area is 123 Å². The topological polar surface area (TPSA) is 89.4 Å². The fourth-order valence-electron chi connectivity index (χ4n) is 1.99. The van der Waals surface area contributed by atoms with E-state index in [1.165, 1.54) is 0 Å². The van der Waals surface area contributed by atoms with E-state index in [9.17, 15) is 4.79 Å². The standard InChI is InChI=1S/C15H21N3O3/c1-20-7-8-21-6-2-5-17-15(19)14-10-11-9-12(16)3-4-13(11)18-14/h3-4,9-10,18H,2,5-8,16H2,1H3,(H,17,19). The smallest absolute Gasteiger partial charge is 0.267 e. The molecule has 21 heavy (non-hydrogen) atoms. The van der Waals surface area contributed by atoms with Gasteiger partial charge in [-0.05, 0) is 30.7 Å². The van der Waals surface area contributed by atoms with Gasteiger partial charge in [0.15, 0.2) is 0 Å². The van der Waals surface area contributed by atoms with Crippen LogP contribution in [-0.4, -0.2) is 44.4 Å². The third kappa shape index (κ3) is 4.47. The van der Waals surface area contributed by atoms with Crippen LogP contribution in [0.4, 0.5) is 5.69 Å². The summed E-state index contributed by atoms with van der Waals surface area (Å²) in [4.78, 5) is 15.1. The minimum absolute atomic E-state index is 0.123. The summed E-state index contributed by atoms with van der Waals surface area (Å²) in [6.45, 7) is 2.34. The normalized spacial score (nSPS) is 10.9. The highest BCUT2D eigenvalue weighted by atomic mass is 16.5. The highest BCUT2D eigenvalue weighted by Gasteiger charge is 2.08. The molecular weight excluding hydrogens is 270 g/mol. The summed E-state index contributed by atoms with van der Waals surface area (Å²) in [5.74, 6) is -0.123. The Morgan fingerprint density at radius 2 is 2.14 bits per heavy atom. The first-order valence-corrected chi connectivity index (χ1v) is 6.94. The Morgan fingerprint density at radius 3 is 2.95 bits per heavy atom. The number of carbonyl (C=O) groups excluding carboxylic acids is 1. The molecule has 0 saturated heterocycles. The summed E-state index contributed by atoms with van der Waals surface area (Å²) in [6.07, 6.45) is 0.766. The molecule has 2 aromatic rings. The fourth-order valence-corrected chi connectivity index (χ4v) is 1.99. The van der Waals surface area contributed by atoms with Gasteiger partial charge >= 0.3 is 0 Å². The van der Waals surface area contributed by atoms with E-state index >= 15 is 0 Å². The zero-order valence-corrected chi connectivity index (χ0v) is 12.1. The molecule has 4 N–H and O–H groups in total. The number of hydrogen-bond donors (Lipinski definition) is 3. The average Bonchev–Trinajstić information content (AvgIpc) is 2.89. The number of methoxy groups -OCH3 is 1. The molecule has 0 unspecified atom stereocenters. The SMILES string of the molecule is COCCOCCCNC(=O)c1cc2cc(N)ccc2[nH]1. The molecule has 2 rings (SSSR count). The van der Waals surface area contributed by atoms with Gasteiger partial charge in [-0.2, -0.15) is 0 Å². The van der Waals surface area contributed by atoms with Crippen molar-refractivity contribution in [1.82, 2.24) is 10.3 Å². The van der Waals surface area contributed by atoms with E-state index < -0.39 is 0 Å². The summed E-state index contributed by atoms with van der Waals surface area (Å²) in [6, 6.07) is 7.31. The molecule has 0 atom stereocenters. The van der Waals surface area contributed by atoms with Crippen LogP contribution in [0.25, 0.3) is 10.9 Å². The van der Waals surface area contributed by atoms with Crippen molar-refractivity contribution in [2.75, 3.05) is 39.2 Å². The Hall–Kier alpha value is -2.05. The van der Waals surface area contributed by atoms with Crippen LogP contribution < -0.4 is 11.1 Å². The number of fused-ring (bicyclic) bond motifs is 1. The third-order valence-corrected chi connectivity index (χ3v) is 3.07. The molecule has 0 radical (unpaired) electrons. The molecule has 0 fully saturated rings. The largest absolute Gasteiger partial charge is 0.399 e. The van der Waals surface area contributed by atoms with Crippen molar-refractivity contribution in [2.45, 2.75) is 6.42 Å². The third-order valence-electron chi connectivity index (χ3n) is 3.07. The molecule has 0 aliphatic carbocycles. The predicted molar refractivity (Wildman–Crippen MR) is 82.4 cm³/mol. The van der Waals surface area contributed by atoms with Crippen molar-refractivity contribution in [2.24, 2.45) is 0 Å². The van der Waals surface area contributed by atoms with Crippen LogP contribution in [-0.2, 0) is 9.47 Å². The second kappa shape index (κ2) is 7.66. The number of aromatic amines is 1. The minimum Gasteiger partial charge on any atom is -0.399 e. The zero-order chi connectivity index (χ0) is 15.1. The molecule has 0 saturated carbocycles. The molecule has 0 aliphatic heterocycles. The van der Waals surface area contributed by atoms with Crippen LogP contribution in [0, 0.1) is 0 Å². The van der Waals surface area contributed by atoms with Crippen molar-refractivity contribution in [1.29, 1.82) is 0 Å². The lowest BCUT2D eigenvalue weighted by Gasteiger charge is -2.05. The van der Waals surface area contributed by atoms with Gasteiger partial charge in [0, 0.05) is 36.9 Å². The quantitative estimate of drug-likeness (QED) is 0.508. The van der Waals surface area contributed by atoms with E-state index in [1.54, 1.807) is 19.2 Å². The van der Waals surface area contributed by atoms with Crippen molar-refractivity contribution in [3.8, 4) is 0 Å². The Bertz CT molecular complexity index is 595. The fraction of sp³-hybridized carbons (Fsp3) is 0.400. The lowest BCUT2D eigenvalue weighted by atomic mass is 10.2. The molecule has 1 amide bonds. The Balaban J connectivity index is 1.77.